The fraction of sp³-hybridized carbons (Fsp3) is 0.857. The number of hydrogen-bond donors (Lipinski definition) is 5. The Bertz CT molecular complexity index is 189. The van der Waals surface area contributed by atoms with Gasteiger partial charge in [0.25, 0.3) is 0 Å². The van der Waals surface area contributed by atoms with Gasteiger partial charge < -0.3 is 30.3 Å². The minimum Gasteiger partial charge on any atom is -0.394 e. The topological polar surface area (TPSA) is 118 Å². The quantitative estimate of drug-likeness (QED) is 0.299. The minimum absolute atomic E-state index is 0.0853. The van der Waals surface area contributed by atoms with Gasteiger partial charge in [0.05, 0.1) is 6.61 Å². The largest absolute Gasteiger partial charge is 0.394 e. The second-order valence-corrected chi connectivity index (χ2v) is 2.79. The number of carbonyl (C=O) groups excluding carboxylic acids is 1. The first-order valence-electron chi connectivity index (χ1n) is 4.26. The van der Waals surface area contributed by atoms with Crippen molar-refractivity contribution in [3.8, 4) is 0 Å². The highest BCUT2D eigenvalue weighted by Crippen LogP contribution is 2.12. The van der Waals surface area contributed by atoms with Crippen LogP contribution in [0.25, 0.3) is 0 Å². The lowest BCUT2D eigenvalue weighted by molar-refractivity contribution is -0.159. The zero-order chi connectivity index (χ0) is 11.4. The van der Waals surface area contributed by atoms with Crippen LogP contribution < -0.4 is 0 Å². The molecule has 0 aromatic heterocycles. The number of rotatable bonds is 5. The predicted octanol–water partition coefficient (Wildman–Crippen LogP) is -2.99. The first kappa shape index (κ1) is 10.6. The lowest BCUT2D eigenvalue weighted by Gasteiger charge is -2.29. The number of aliphatic hydroxyl groups excluding tert-OH is 4. The third-order valence-electron chi connectivity index (χ3n) is 1.62. The highest BCUT2D eigenvalue weighted by Gasteiger charge is 2.38. The molecule has 0 aliphatic carbocycles. The minimum atomic E-state index is -2.43. The van der Waals surface area contributed by atoms with Gasteiger partial charge >= 0.3 is 0 Å². The van der Waals surface area contributed by atoms with Gasteiger partial charge in [0.15, 0.2) is 6.29 Å². The number of carbonyl (C=O) groups is 1. The van der Waals surface area contributed by atoms with Crippen molar-refractivity contribution in [1.82, 2.24) is 0 Å². The van der Waals surface area contributed by atoms with E-state index in [4.69, 9.17) is 16.7 Å². The van der Waals surface area contributed by atoms with Crippen LogP contribution in [0, 0.1) is 0 Å². The molecule has 0 aliphatic rings. The lowest BCUT2D eigenvalue weighted by atomic mass is 9.93. The summed E-state index contributed by atoms with van der Waals surface area (Å²) >= 11 is 0. The molecule has 0 unspecified atom stereocenters. The van der Waals surface area contributed by atoms with Crippen molar-refractivity contribution in [3.05, 3.63) is 0 Å². The Balaban J connectivity index is 4.57. The van der Waals surface area contributed by atoms with E-state index in [0.29, 0.717) is 0 Å². The Hall–Kier alpha value is -0.530. The summed E-state index contributed by atoms with van der Waals surface area (Å²) in [7, 11) is 0. The zero-order valence-electron chi connectivity index (χ0n) is 7.87. The molecule has 13 heavy (non-hydrogen) atoms. The number of aldehydes is 1. The van der Waals surface area contributed by atoms with E-state index in [2.05, 4.69) is 0 Å². The summed E-state index contributed by atoms with van der Waals surface area (Å²) in [6.07, 6.45) is -5.67. The first-order chi connectivity index (χ1) is 6.42. The molecule has 0 amide bonds. The van der Waals surface area contributed by atoms with Crippen LogP contribution in [-0.4, -0.2) is 62.3 Å². The Morgan fingerprint density at radius 2 is 2.08 bits per heavy atom. The molecule has 78 valence electrons. The van der Waals surface area contributed by atoms with E-state index >= 15 is 0 Å². The second kappa shape index (κ2) is 4.64. The molecule has 0 aromatic rings. The van der Waals surface area contributed by atoms with Gasteiger partial charge in [-0.25, -0.2) is 0 Å². The van der Waals surface area contributed by atoms with Gasteiger partial charge in [-0.1, -0.05) is 0 Å². The van der Waals surface area contributed by atoms with Gasteiger partial charge in [0, 0.05) is 1.37 Å². The van der Waals surface area contributed by atoms with Crippen molar-refractivity contribution in [2.24, 2.45) is 0 Å². The molecule has 0 bridgehead atoms. The SMILES string of the molecule is [2H]C[C@@](O)(C=O)[C@@H](O)[C@H](O)[C@H](O)CO. The molecule has 6 heteroatoms. The molecule has 0 fully saturated rings. The van der Waals surface area contributed by atoms with Crippen LogP contribution >= 0.6 is 0 Å². The molecule has 0 aromatic carbocycles. The Morgan fingerprint density at radius 3 is 2.38 bits per heavy atom. The molecular weight excluding hydrogens is 180 g/mol. The monoisotopic (exact) mass is 195 g/mol. The zero-order valence-corrected chi connectivity index (χ0v) is 6.87. The smallest absolute Gasteiger partial charge is 0.154 e. The molecular formula is C7H14O6. The molecule has 0 rings (SSSR count). The third kappa shape index (κ3) is 3.02. The molecule has 0 heterocycles. The van der Waals surface area contributed by atoms with E-state index in [-0.39, 0.29) is 6.29 Å². The van der Waals surface area contributed by atoms with Crippen LogP contribution in [0.15, 0.2) is 0 Å². The van der Waals surface area contributed by atoms with Gasteiger partial charge in [0.1, 0.15) is 23.9 Å². The molecule has 5 N–H and O–H groups in total. The van der Waals surface area contributed by atoms with Crippen molar-refractivity contribution in [1.29, 1.82) is 0 Å². The summed E-state index contributed by atoms with van der Waals surface area (Å²) in [6.45, 7) is -1.68. The van der Waals surface area contributed by atoms with E-state index in [0.717, 1.165) is 0 Å². The lowest BCUT2D eigenvalue weighted by Crippen LogP contribution is -2.53. The average molecular weight is 195 g/mol. The molecule has 0 saturated heterocycles. The number of aliphatic hydroxyl groups is 5. The van der Waals surface area contributed by atoms with Crippen LogP contribution in [0.5, 0.6) is 0 Å². The standard InChI is InChI=1S/C7H14O6/c1-7(13,3-9)6(12)5(11)4(10)2-8/h3-6,8,10-13H,2H2,1H3/t4-,5-,6+,7-/m1/s1/i1D. The van der Waals surface area contributed by atoms with Crippen molar-refractivity contribution in [2.45, 2.75) is 30.8 Å². The summed E-state index contributed by atoms with van der Waals surface area (Å²) in [6, 6.07) is 0. The summed E-state index contributed by atoms with van der Waals surface area (Å²) in [5.74, 6) is 0. The van der Waals surface area contributed by atoms with Crippen molar-refractivity contribution < 1.29 is 31.7 Å². The Morgan fingerprint density at radius 1 is 1.54 bits per heavy atom. The van der Waals surface area contributed by atoms with Gasteiger partial charge in [-0.05, 0) is 6.90 Å². The fourth-order valence-electron chi connectivity index (χ4n) is 0.684. The van der Waals surface area contributed by atoms with E-state index in [1.807, 2.05) is 0 Å². The van der Waals surface area contributed by atoms with Gasteiger partial charge in [-0.3, -0.25) is 0 Å². The molecule has 0 radical (unpaired) electrons. The van der Waals surface area contributed by atoms with E-state index < -0.39 is 37.4 Å². The highest BCUT2D eigenvalue weighted by atomic mass is 16.4. The van der Waals surface area contributed by atoms with Crippen LogP contribution in [-0.2, 0) is 4.79 Å². The molecule has 0 saturated carbocycles. The average Bonchev–Trinajstić information content (AvgIpc) is 2.24. The second-order valence-electron chi connectivity index (χ2n) is 2.79. The van der Waals surface area contributed by atoms with E-state index in [9.17, 15) is 15.0 Å². The van der Waals surface area contributed by atoms with Crippen LogP contribution in [0.4, 0.5) is 0 Å². The van der Waals surface area contributed by atoms with Crippen LogP contribution in [0.2, 0.25) is 0 Å². The maximum absolute atomic E-state index is 10.3. The Kier molecular flexibility index (Phi) is 3.76. The van der Waals surface area contributed by atoms with Crippen molar-refractivity contribution in [2.75, 3.05) is 6.61 Å². The first-order valence-corrected chi connectivity index (χ1v) is 3.56. The maximum Gasteiger partial charge on any atom is 0.154 e. The fourth-order valence-corrected chi connectivity index (χ4v) is 0.684. The van der Waals surface area contributed by atoms with E-state index in [1.165, 1.54) is 0 Å². The predicted molar refractivity (Wildman–Crippen MR) is 41.8 cm³/mol. The summed E-state index contributed by atoms with van der Waals surface area (Å²) in [5, 5.41) is 44.9. The Labute approximate surface area is 76.5 Å². The normalized spacial score (nSPS) is 23.9. The summed E-state index contributed by atoms with van der Waals surface area (Å²) in [4.78, 5) is 10.3. The summed E-state index contributed by atoms with van der Waals surface area (Å²) < 4.78 is 6.78. The molecule has 4 atom stereocenters. The van der Waals surface area contributed by atoms with Gasteiger partial charge in [-0.15, -0.1) is 0 Å². The van der Waals surface area contributed by atoms with Crippen LogP contribution in [0.3, 0.4) is 0 Å². The van der Waals surface area contributed by atoms with Gasteiger partial charge in [-0.2, -0.15) is 0 Å². The molecule has 0 aliphatic heterocycles. The van der Waals surface area contributed by atoms with Crippen molar-refractivity contribution >= 4 is 6.29 Å². The van der Waals surface area contributed by atoms with Gasteiger partial charge in [0.2, 0.25) is 0 Å². The summed E-state index contributed by atoms with van der Waals surface area (Å²) in [5.41, 5.74) is -2.43. The third-order valence-corrected chi connectivity index (χ3v) is 1.62. The van der Waals surface area contributed by atoms with Crippen LogP contribution in [0.1, 0.15) is 8.27 Å². The van der Waals surface area contributed by atoms with E-state index in [1.54, 1.807) is 0 Å². The molecule has 6 nitrogen and oxygen atoms in total. The highest BCUT2D eigenvalue weighted by molar-refractivity contribution is 5.62. The maximum atomic E-state index is 10.3. The number of hydrogen-bond acceptors (Lipinski definition) is 6. The van der Waals surface area contributed by atoms with Crippen molar-refractivity contribution in [3.63, 3.8) is 0 Å². The molecule has 0 spiro atoms.